The Bertz CT molecular complexity index is 199. The summed E-state index contributed by atoms with van der Waals surface area (Å²) in [6, 6.07) is 0.576. The van der Waals surface area contributed by atoms with Crippen LogP contribution in [0, 0.1) is 5.41 Å². The van der Waals surface area contributed by atoms with E-state index in [4.69, 9.17) is 0 Å². The number of hydrogen-bond acceptors (Lipinski definition) is 2. The Labute approximate surface area is 109 Å². The molecule has 0 spiro atoms. The van der Waals surface area contributed by atoms with Gasteiger partial charge in [0.15, 0.2) is 0 Å². The Balaban J connectivity index is 4.80. The van der Waals surface area contributed by atoms with Crippen molar-refractivity contribution in [3.8, 4) is 0 Å². The third-order valence-electron chi connectivity index (χ3n) is 4.30. The first kappa shape index (κ1) is 16.9. The third kappa shape index (κ3) is 4.59. The molecule has 0 radical (unpaired) electrons. The minimum atomic E-state index is 0.292. The van der Waals surface area contributed by atoms with Gasteiger partial charge in [-0.2, -0.15) is 0 Å². The fraction of sp³-hybridized carbons (Fsp3) is 1.00. The van der Waals surface area contributed by atoms with Crippen LogP contribution in [0.25, 0.3) is 0 Å². The summed E-state index contributed by atoms with van der Waals surface area (Å²) >= 11 is 0. The van der Waals surface area contributed by atoms with Gasteiger partial charge in [-0.1, -0.05) is 34.6 Å². The molecule has 0 rings (SSSR count). The molecule has 0 heterocycles. The van der Waals surface area contributed by atoms with Gasteiger partial charge in [-0.25, -0.2) is 0 Å². The molecule has 0 aromatic heterocycles. The van der Waals surface area contributed by atoms with Crippen LogP contribution < -0.4 is 5.32 Å². The second-order valence-corrected chi connectivity index (χ2v) is 6.65. The Kier molecular flexibility index (Phi) is 6.71. The third-order valence-corrected chi connectivity index (χ3v) is 4.30. The molecule has 0 aliphatic heterocycles. The minimum absolute atomic E-state index is 0.292. The summed E-state index contributed by atoms with van der Waals surface area (Å²) in [6.07, 6.45) is 4.92. The van der Waals surface area contributed by atoms with E-state index in [-0.39, 0.29) is 0 Å². The predicted octanol–water partition coefficient (Wildman–Crippen LogP) is 3.52. The van der Waals surface area contributed by atoms with Crippen LogP contribution in [0.1, 0.15) is 60.3 Å². The molecule has 2 nitrogen and oxygen atoms in total. The normalized spacial score (nSPS) is 15.4. The molecule has 0 bridgehead atoms. The molecule has 0 aliphatic carbocycles. The highest BCUT2D eigenvalue weighted by Gasteiger charge is 2.37. The lowest BCUT2D eigenvalue weighted by atomic mass is 9.78. The quantitative estimate of drug-likeness (QED) is 0.735. The van der Waals surface area contributed by atoms with Crippen molar-refractivity contribution in [2.75, 3.05) is 21.1 Å². The molecular formula is C15H34N2. The lowest BCUT2D eigenvalue weighted by molar-refractivity contribution is 0.0818. The fourth-order valence-electron chi connectivity index (χ4n) is 2.95. The van der Waals surface area contributed by atoms with Crippen molar-refractivity contribution in [1.29, 1.82) is 0 Å². The lowest BCUT2D eigenvalue weighted by Crippen LogP contribution is -2.57. The van der Waals surface area contributed by atoms with Crippen LogP contribution in [-0.2, 0) is 0 Å². The molecule has 1 unspecified atom stereocenters. The van der Waals surface area contributed by atoms with Crippen LogP contribution in [0.15, 0.2) is 0 Å². The van der Waals surface area contributed by atoms with E-state index >= 15 is 0 Å². The molecule has 0 aliphatic rings. The monoisotopic (exact) mass is 242 g/mol. The first-order valence-corrected chi connectivity index (χ1v) is 7.08. The van der Waals surface area contributed by atoms with Crippen LogP contribution in [0.3, 0.4) is 0 Å². The molecule has 0 aromatic rings. The van der Waals surface area contributed by atoms with E-state index in [1.165, 1.54) is 25.7 Å². The summed E-state index contributed by atoms with van der Waals surface area (Å²) < 4.78 is 0. The van der Waals surface area contributed by atoms with Gasteiger partial charge in [0.2, 0.25) is 0 Å². The first-order chi connectivity index (χ1) is 7.73. The highest BCUT2D eigenvalue weighted by molar-refractivity contribution is 4.96. The smallest absolute Gasteiger partial charge is 0.0351 e. The molecule has 0 saturated heterocycles. The molecule has 1 atom stereocenters. The van der Waals surface area contributed by atoms with Gasteiger partial charge < -0.3 is 10.2 Å². The zero-order chi connectivity index (χ0) is 13.7. The minimum Gasteiger partial charge on any atom is -0.315 e. The molecule has 0 saturated carbocycles. The number of nitrogens with zero attached hydrogens (tertiary/aromatic N) is 1. The van der Waals surface area contributed by atoms with Gasteiger partial charge in [0, 0.05) is 11.6 Å². The van der Waals surface area contributed by atoms with E-state index in [1.54, 1.807) is 0 Å². The van der Waals surface area contributed by atoms with Crippen molar-refractivity contribution in [2.45, 2.75) is 71.9 Å². The Morgan fingerprint density at radius 2 is 1.53 bits per heavy atom. The molecule has 1 N–H and O–H groups in total. The highest BCUT2D eigenvalue weighted by Crippen LogP contribution is 2.31. The average Bonchev–Trinajstić information content (AvgIpc) is 2.22. The SMILES string of the molecule is CCC(CC)(C(CCC(C)(C)C)NC)N(C)C. The topological polar surface area (TPSA) is 15.3 Å². The van der Waals surface area contributed by atoms with Crippen molar-refractivity contribution in [1.82, 2.24) is 10.2 Å². The van der Waals surface area contributed by atoms with Crippen LogP contribution in [0.4, 0.5) is 0 Å². The summed E-state index contributed by atoms with van der Waals surface area (Å²) in [5, 5.41) is 3.56. The van der Waals surface area contributed by atoms with Gasteiger partial charge in [-0.15, -0.1) is 0 Å². The largest absolute Gasteiger partial charge is 0.315 e. The van der Waals surface area contributed by atoms with Crippen LogP contribution in [0.2, 0.25) is 0 Å². The average molecular weight is 242 g/mol. The summed E-state index contributed by atoms with van der Waals surface area (Å²) in [5.41, 5.74) is 0.717. The van der Waals surface area contributed by atoms with Gasteiger partial charge >= 0.3 is 0 Å². The molecule has 2 heteroatoms. The molecular weight excluding hydrogens is 208 g/mol. The van der Waals surface area contributed by atoms with Crippen LogP contribution >= 0.6 is 0 Å². The van der Waals surface area contributed by atoms with E-state index in [0.717, 1.165) is 0 Å². The maximum absolute atomic E-state index is 3.56. The number of nitrogens with one attached hydrogen (secondary N) is 1. The van der Waals surface area contributed by atoms with E-state index in [9.17, 15) is 0 Å². The van der Waals surface area contributed by atoms with Gasteiger partial charge in [0.05, 0.1) is 0 Å². The van der Waals surface area contributed by atoms with Crippen molar-refractivity contribution >= 4 is 0 Å². The number of rotatable bonds is 7. The summed E-state index contributed by atoms with van der Waals surface area (Å²) in [7, 11) is 6.54. The van der Waals surface area contributed by atoms with Crippen LogP contribution in [0.5, 0.6) is 0 Å². The first-order valence-electron chi connectivity index (χ1n) is 7.08. The second-order valence-electron chi connectivity index (χ2n) is 6.65. The van der Waals surface area contributed by atoms with E-state index < -0.39 is 0 Å². The molecule has 0 amide bonds. The number of hydrogen-bond donors (Lipinski definition) is 1. The van der Waals surface area contributed by atoms with Crippen molar-refractivity contribution < 1.29 is 0 Å². The van der Waals surface area contributed by atoms with E-state index in [1.807, 2.05) is 0 Å². The zero-order valence-corrected chi connectivity index (χ0v) is 13.4. The van der Waals surface area contributed by atoms with E-state index in [0.29, 0.717) is 17.0 Å². The maximum atomic E-state index is 3.56. The Hall–Kier alpha value is -0.0800. The molecule has 17 heavy (non-hydrogen) atoms. The summed E-state index contributed by atoms with van der Waals surface area (Å²) in [4.78, 5) is 2.41. The standard InChI is InChI=1S/C15H34N2/c1-9-15(10-2,17(7)8)13(16-6)11-12-14(3,4)5/h13,16H,9-12H2,1-8H3. The Morgan fingerprint density at radius 3 is 1.76 bits per heavy atom. The second kappa shape index (κ2) is 6.75. The van der Waals surface area contributed by atoms with Crippen molar-refractivity contribution in [3.05, 3.63) is 0 Å². The van der Waals surface area contributed by atoms with Crippen molar-refractivity contribution in [3.63, 3.8) is 0 Å². The zero-order valence-electron chi connectivity index (χ0n) is 13.4. The van der Waals surface area contributed by atoms with Gasteiger partial charge in [-0.05, 0) is 52.2 Å². The fourth-order valence-corrected chi connectivity index (χ4v) is 2.95. The van der Waals surface area contributed by atoms with Gasteiger partial charge in [0.1, 0.15) is 0 Å². The molecule has 0 aromatic carbocycles. The number of likely N-dealkylation sites (N-methyl/N-ethyl adjacent to an activating group) is 2. The summed E-state index contributed by atoms with van der Waals surface area (Å²) in [6.45, 7) is 11.6. The van der Waals surface area contributed by atoms with Gasteiger partial charge in [-0.3, -0.25) is 0 Å². The molecule has 0 fully saturated rings. The van der Waals surface area contributed by atoms with Crippen molar-refractivity contribution in [2.24, 2.45) is 5.41 Å². The molecule has 104 valence electrons. The van der Waals surface area contributed by atoms with E-state index in [2.05, 4.69) is 66.0 Å². The predicted molar refractivity (Wildman–Crippen MR) is 78.5 cm³/mol. The van der Waals surface area contributed by atoms with Crippen LogP contribution in [-0.4, -0.2) is 37.6 Å². The lowest BCUT2D eigenvalue weighted by Gasteiger charge is -2.46. The van der Waals surface area contributed by atoms with Gasteiger partial charge in [0.25, 0.3) is 0 Å². The Morgan fingerprint density at radius 1 is 1.06 bits per heavy atom. The highest BCUT2D eigenvalue weighted by atomic mass is 15.2. The maximum Gasteiger partial charge on any atom is 0.0351 e. The summed E-state index contributed by atoms with van der Waals surface area (Å²) in [5.74, 6) is 0.